The molecule has 0 aliphatic heterocycles. The number of unbranched alkanes of at least 4 members (excludes halogenated alkanes) is 1. The van der Waals surface area contributed by atoms with Crippen LogP contribution in [0.25, 0.3) is 0 Å². The molecule has 64 valence electrons. The quantitative estimate of drug-likeness (QED) is 0.584. The van der Waals surface area contributed by atoms with Crippen LogP contribution in [0.4, 0.5) is 0 Å². The molecule has 0 aliphatic rings. The number of hydrogen-bond donors (Lipinski definition) is 1. The first kappa shape index (κ1) is 9.94. The van der Waals surface area contributed by atoms with Crippen molar-refractivity contribution in [2.24, 2.45) is 0 Å². The van der Waals surface area contributed by atoms with Gasteiger partial charge in [0, 0.05) is 0 Å². The van der Waals surface area contributed by atoms with E-state index in [4.69, 9.17) is 5.11 Å². The molecule has 0 aromatic rings. The van der Waals surface area contributed by atoms with E-state index < -0.39 is 12.1 Å². The van der Waals surface area contributed by atoms with Gasteiger partial charge in [-0.15, -0.1) is 0 Å². The van der Waals surface area contributed by atoms with Gasteiger partial charge in [0.2, 0.25) is 0 Å². The molecule has 1 atom stereocenters. The van der Waals surface area contributed by atoms with Crippen molar-refractivity contribution in [2.75, 3.05) is 0 Å². The average Bonchev–Trinajstić information content (AvgIpc) is 1.97. The lowest BCUT2D eigenvalue weighted by Gasteiger charge is -2.08. The van der Waals surface area contributed by atoms with Crippen molar-refractivity contribution in [1.29, 1.82) is 0 Å². The first-order chi connectivity index (χ1) is 5.22. The Morgan fingerprint density at radius 3 is 2.73 bits per heavy atom. The molecule has 0 heterocycles. The third-order valence-corrected chi connectivity index (χ3v) is 1.32. The summed E-state index contributed by atoms with van der Waals surface area (Å²) in [4.78, 5) is 20.1. The topological polar surface area (TPSA) is 63.6 Å². The van der Waals surface area contributed by atoms with Gasteiger partial charge in [-0.3, -0.25) is 4.79 Å². The molecule has 1 unspecified atom stereocenters. The molecule has 0 saturated carbocycles. The zero-order valence-corrected chi connectivity index (χ0v) is 6.45. The largest absolute Gasteiger partial charge is 0.479 e. The van der Waals surface area contributed by atoms with Crippen molar-refractivity contribution in [3.63, 3.8) is 0 Å². The van der Waals surface area contributed by atoms with Gasteiger partial charge in [-0.05, 0) is 12.8 Å². The lowest BCUT2D eigenvalue weighted by atomic mass is 10.2. The fourth-order valence-corrected chi connectivity index (χ4v) is 0.706. The Balaban J connectivity index is 3.69. The van der Waals surface area contributed by atoms with Crippen LogP contribution in [0.2, 0.25) is 0 Å². The molecular weight excluding hydrogens is 148 g/mol. The Hall–Kier alpha value is -1.06. The summed E-state index contributed by atoms with van der Waals surface area (Å²) in [6, 6.07) is 0. The van der Waals surface area contributed by atoms with Crippen LogP contribution in [0.5, 0.6) is 0 Å². The molecule has 1 N–H and O–H groups in total. The van der Waals surface area contributed by atoms with Crippen LogP contribution in [-0.4, -0.2) is 23.7 Å². The highest BCUT2D eigenvalue weighted by Gasteiger charge is 2.16. The first-order valence-electron chi connectivity index (χ1n) is 3.54. The molecule has 11 heavy (non-hydrogen) atoms. The third kappa shape index (κ3) is 4.36. The van der Waals surface area contributed by atoms with Crippen molar-refractivity contribution in [3.8, 4) is 0 Å². The van der Waals surface area contributed by atoms with Crippen molar-refractivity contribution >= 4 is 12.4 Å². The Bertz CT molecular complexity index is 132. The number of carboxylic acid groups (broad SMARTS) is 1. The SMILES string of the molecule is CCCCC(OC=O)C(=O)O. The number of carbonyl (C=O) groups excluding carboxylic acids is 1. The van der Waals surface area contributed by atoms with Crippen molar-refractivity contribution in [1.82, 2.24) is 0 Å². The summed E-state index contributed by atoms with van der Waals surface area (Å²) < 4.78 is 4.33. The number of carbonyl (C=O) groups is 2. The second-order valence-electron chi connectivity index (χ2n) is 2.20. The fraction of sp³-hybridized carbons (Fsp3) is 0.714. The molecule has 0 aromatic heterocycles. The van der Waals surface area contributed by atoms with Gasteiger partial charge in [0.05, 0.1) is 0 Å². The van der Waals surface area contributed by atoms with E-state index in [1.807, 2.05) is 6.92 Å². The maximum atomic E-state index is 10.3. The highest BCUT2D eigenvalue weighted by atomic mass is 16.5. The van der Waals surface area contributed by atoms with E-state index in [1.54, 1.807) is 0 Å². The molecule has 0 bridgehead atoms. The molecular formula is C7H12O4. The summed E-state index contributed by atoms with van der Waals surface area (Å²) in [7, 11) is 0. The highest BCUT2D eigenvalue weighted by Crippen LogP contribution is 2.03. The summed E-state index contributed by atoms with van der Waals surface area (Å²) in [6.45, 7) is 2.12. The van der Waals surface area contributed by atoms with E-state index in [2.05, 4.69) is 4.74 Å². The molecule has 0 rings (SSSR count). The lowest BCUT2D eigenvalue weighted by molar-refractivity contribution is -0.156. The third-order valence-electron chi connectivity index (χ3n) is 1.32. The van der Waals surface area contributed by atoms with Gasteiger partial charge in [0.15, 0.2) is 6.10 Å². The van der Waals surface area contributed by atoms with Gasteiger partial charge in [-0.25, -0.2) is 4.79 Å². The number of rotatable bonds is 6. The van der Waals surface area contributed by atoms with Gasteiger partial charge in [0.25, 0.3) is 6.47 Å². The number of ether oxygens (including phenoxy) is 1. The maximum Gasteiger partial charge on any atom is 0.345 e. The number of hydrogen-bond acceptors (Lipinski definition) is 3. The summed E-state index contributed by atoms with van der Waals surface area (Å²) in [5.41, 5.74) is 0. The van der Waals surface area contributed by atoms with Crippen LogP contribution in [0.3, 0.4) is 0 Å². The molecule has 0 aliphatic carbocycles. The minimum atomic E-state index is -1.08. The molecule has 0 fully saturated rings. The highest BCUT2D eigenvalue weighted by molar-refractivity contribution is 5.73. The summed E-state index contributed by atoms with van der Waals surface area (Å²) in [6.07, 6.45) is 1.08. The Morgan fingerprint density at radius 1 is 1.73 bits per heavy atom. The zero-order valence-electron chi connectivity index (χ0n) is 6.45. The Labute approximate surface area is 65.2 Å². The van der Waals surface area contributed by atoms with Gasteiger partial charge < -0.3 is 9.84 Å². The molecule has 4 nitrogen and oxygen atoms in total. The molecule has 0 spiro atoms. The second-order valence-corrected chi connectivity index (χ2v) is 2.20. The summed E-state index contributed by atoms with van der Waals surface area (Å²) in [5, 5.41) is 8.45. The van der Waals surface area contributed by atoms with Crippen LogP contribution in [-0.2, 0) is 14.3 Å². The van der Waals surface area contributed by atoms with Gasteiger partial charge in [-0.2, -0.15) is 0 Å². The van der Waals surface area contributed by atoms with E-state index in [0.717, 1.165) is 12.8 Å². The van der Waals surface area contributed by atoms with E-state index in [-0.39, 0.29) is 6.47 Å². The predicted molar refractivity (Wildman–Crippen MR) is 38.1 cm³/mol. The van der Waals surface area contributed by atoms with E-state index in [9.17, 15) is 9.59 Å². The zero-order chi connectivity index (χ0) is 8.69. The van der Waals surface area contributed by atoms with E-state index in [0.29, 0.717) is 6.42 Å². The van der Waals surface area contributed by atoms with Crippen LogP contribution in [0.1, 0.15) is 26.2 Å². The minimum Gasteiger partial charge on any atom is -0.479 e. The van der Waals surface area contributed by atoms with Gasteiger partial charge >= 0.3 is 5.97 Å². The average molecular weight is 160 g/mol. The second kappa shape index (κ2) is 5.70. The minimum absolute atomic E-state index is 0.175. The normalized spacial score (nSPS) is 12.1. The van der Waals surface area contributed by atoms with Crippen LogP contribution < -0.4 is 0 Å². The molecule has 0 saturated heterocycles. The monoisotopic (exact) mass is 160 g/mol. The van der Waals surface area contributed by atoms with Crippen LogP contribution in [0, 0.1) is 0 Å². The summed E-state index contributed by atoms with van der Waals surface area (Å²) in [5.74, 6) is -1.08. The van der Waals surface area contributed by atoms with Crippen molar-refractivity contribution in [3.05, 3.63) is 0 Å². The van der Waals surface area contributed by atoms with Gasteiger partial charge in [-0.1, -0.05) is 13.3 Å². The van der Waals surface area contributed by atoms with Crippen molar-refractivity contribution < 1.29 is 19.4 Å². The van der Waals surface area contributed by atoms with Crippen LogP contribution >= 0.6 is 0 Å². The van der Waals surface area contributed by atoms with Gasteiger partial charge in [0.1, 0.15) is 0 Å². The summed E-state index contributed by atoms with van der Waals surface area (Å²) >= 11 is 0. The Morgan fingerprint density at radius 2 is 2.36 bits per heavy atom. The maximum absolute atomic E-state index is 10.3. The smallest absolute Gasteiger partial charge is 0.345 e. The van der Waals surface area contributed by atoms with E-state index >= 15 is 0 Å². The first-order valence-corrected chi connectivity index (χ1v) is 3.54. The Kier molecular flexibility index (Phi) is 5.15. The molecule has 0 radical (unpaired) electrons. The number of carboxylic acids is 1. The van der Waals surface area contributed by atoms with Crippen LogP contribution in [0.15, 0.2) is 0 Å². The standard InChI is InChI=1S/C7H12O4/c1-2-3-4-6(7(9)10)11-5-8/h5-6H,2-4H2,1H3,(H,9,10). The predicted octanol–water partition coefficient (Wildman–Crippen LogP) is 0.803. The number of aliphatic carboxylic acids is 1. The molecule has 0 aromatic carbocycles. The fourth-order valence-electron chi connectivity index (χ4n) is 0.706. The lowest BCUT2D eigenvalue weighted by Crippen LogP contribution is -2.23. The van der Waals surface area contributed by atoms with Crippen molar-refractivity contribution in [2.45, 2.75) is 32.3 Å². The molecule has 0 amide bonds. The molecule has 4 heteroatoms. The van der Waals surface area contributed by atoms with E-state index in [1.165, 1.54) is 0 Å².